The van der Waals surface area contributed by atoms with Crippen molar-refractivity contribution in [3.63, 3.8) is 0 Å². The third-order valence-corrected chi connectivity index (χ3v) is 3.78. The van der Waals surface area contributed by atoms with Crippen molar-refractivity contribution in [2.75, 3.05) is 0 Å². The zero-order valence-electron chi connectivity index (χ0n) is 11.8. The molecule has 20 heavy (non-hydrogen) atoms. The molecule has 0 fully saturated rings. The molecule has 3 aromatic rings. The van der Waals surface area contributed by atoms with Crippen molar-refractivity contribution in [3.8, 4) is 17.5 Å². The summed E-state index contributed by atoms with van der Waals surface area (Å²) in [6, 6.07) is 14.1. The zero-order chi connectivity index (χ0) is 14.3. The molecule has 3 nitrogen and oxygen atoms in total. The topological polar surface area (TPSA) is 41.6 Å². The van der Waals surface area contributed by atoms with Gasteiger partial charge < -0.3 is 4.57 Å². The van der Waals surface area contributed by atoms with Crippen molar-refractivity contribution in [1.29, 1.82) is 5.26 Å². The lowest BCUT2D eigenvalue weighted by atomic mass is 10.1. The van der Waals surface area contributed by atoms with E-state index in [1.54, 1.807) is 0 Å². The zero-order valence-corrected chi connectivity index (χ0v) is 11.8. The van der Waals surface area contributed by atoms with E-state index in [4.69, 9.17) is 5.26 Å². The number of hydrogen-bond donors (Lipinski definition) is 0. The summed E-state index contributed by atoms with van der Waals surface area (Å²) in [5, 5.41) is 8.97. The first-order chi connectivity index (χ1) is 9.60. The minimum absolute atomic E-state index is 0.641. The maximum Gasteiger partial charge on any atom is 0.140 e. The van der Waals surface area contributed by atoms with Crippen molar-refractivity contribution in [2.45, 2.75) is 13.8 Å². The number of rotatable bonds is 1. The number of fused-ring (bicyclic) bond motifs is 1. The fraction of sp³-hybridized carbons (Fsp3) is 0.176. The third-order valence-electron chi connectivity index (χ3n) is 3.78. The Morgan fingerprint density at radius 3 is 2.55 bits per heavy atom. The van der Waals surface area contributed by atoms with Crippen LogP contribution in [-0.2, 0) is 7.05 Å². The summed E-state index contributed by atoms with van der Waals surface area (Å²) in [7, 11) is 2.01. The van der Waals surface area contributed by atoms with Crippen LogP contribution in [-0.4, -0.2) is 9.55 Å². The van der Waals surface area contributed by atoms with E-state index in [0.717, 1.165) is 22.4 Å². The fourth-order valence-corrected chi connectivity index (χ4v) is 2.41. The number of aromatic nitrogens is 2. The monoisotopic (exact) mass is 261 g/mol. The third kappa shape index (κ3) is 1.86. The second-order valence-corrected chi connectivity index (χ2v) is 5.11. The quantitative estimate of drug-likeness (QED) is 0.669. The number of aryl methyl sites for hydroxylation is 3. The summed E-state index contributed by atoms with van der Waals surface area (Å²) >= 11 is 0. The Hall–Kier alpha value is -2.60. The van der Waals surface area contributed by atoms with Crippen LogP contribution in [0.4, 0.5) is 0 Å². The Morgan fingerprint density at radius 2 is 1.85 bits per heavy atom. The highest BCUT2D eigenvalue weighted by Gasteiger charge is 2.10. The summed E-state index contributed by atoms with van der Waals surface area (Å²) in [6.07, 6.45) is 0. The van der Waals surface area contributed by atoms with Crippen LogP contribution in [0.2, 0.25) is 0 Å². The van der Waals surface area contributed by atoms with Gasteiger partial charge in [-0.05, 0) is 49.2 Å². The van der Waals surface area contributed by atoms with Gasteiger partial charge in [-0.3, -0.25) is 0 Å². The number of nitriles is 1. The van der Waals surface area contributed by atoms with Crippen molar-refractivity contribution in [3.05, 3.63) is 53.1 Å². The second kappa shape index (κ2) is 4.50. The molecule has 0 saturated heterocycles. The number of benzene rings is 2. The molecule has 0 radical (unpaired) electrons. The molecule has 2 aromatic carbocycles. The van der Waals surface area contributed by atoms with Crippen LogP contribution in [0, 0.1) is 25.2 Å². The lowest BCUT2D eigenvalue weighted by Gasteiger charge is -2.05. The summed E-state index contributed by atoms with van der Waals surface area (Å²) in [5.41, 5.74) is 6.18. The van der Waals surface area contributed by atoms with Gasteiger partial charge in [-0.2, -0.15) is 5.26 Å². The van der Waals surface area contributed by atoms with Gasteiger partial charge in [-0.1, -0.05) is 12.1 Å². The standard InChI is InChI=1S/C17H15N3/c1-11-4-6-14(8-12(11)2)17-19-15-9-13(10-18)5-7-16(15)20(17)3/h4-9H,1-3H3. The van der Waals surface area contributed by atoms with Crippen LogP contribution >= 0.6 is 0 Å². The van der Waals surface area contributed by atoms with Crippen molar-refractivity contribution in [1.82, 2.24) is 9.55 Å². The molecule has 0 aliphatic heterocycles. The van der Waals surface area contributed by atoms with Gasteiger partial charge in [-0.15, -0.1) is 0 Å². The van der Waals surface area contributed by atoms with Gasteiger partial charge in [0.25, 0.3) is 0 Å². The first-order valence-corrected chi connectivity index (χ1v) is 6.54. The van der Waals surface area contributed by atoms with Gasteiger partial charge in [0.1, 0.15) is 5.82 Å². The smallest absolute Gasteiger partial charge is 0.140 e. The molecule has 0 spiro atoms. The van der Waals surface area contributed by atoms with E-state index in [2.05, 4.69) is 47.7 Å². The molecule has 0 saturated carbocycles. The van der Waals surface area contributed by atoms with Crippen molar-refractivity contribution in [2.24, 2.45) is 7.05 Å². The lowest BCUT2D eigenvalue weighted by molar-refractivity contribution is 0.959. The number of nitrogens with zero attached hydrogens (tertiary/aromatic N) is 3. The van der Waals surface area contributed by atoms with E-state index in [1.165, 1.54) is 11.1 Å². The summed E-state index contributed by atoms with van der Waals surface area (Å²) in [5.74, 6) is 0.929. The molecule has 3 heteroatoms. The van der Waals surface area contributed by atoms with E-state index in [-0.39, 0.29) is 0 Å². The summed E-state index contributed by atoms with van der Waals surface area (Å²) < 4.78 is 2.07. The molecule has 3 rings (SSSR count). The Morgan fingerprint density at radius 1 is 1.05 bits per heavy atom. The first kappa shape index (κ1) is 12.4. The summed E-state index contributed by atoms with van der Waals surface area (Å²) in [6.45, 7) is 4.21. The van der Waals surface area contributed by atoms with Crippen LogP contribution in [0.1, 0.15) is 16.7 Å². The predicted molar refractivity (Wildman–Crippen MR) is 80.3 cm³/mol. The van der Waals surface area contributed by atoms with Crippen LogP contribution in [0.15, 0.2) is 36.4 Å². The molecular formula is C17H15N3. The average Bonchev–Trinajstić information content (AvgIpc) is 2.78. The van der Waals surface area contributed by atoms with Crippen molar-refractivity contribution < 1.29 is 0 Å². The summed E-state index contributed by atoms with van der Waals surface area (Å²) in [4.78, 5) is 4.67. The van der Waals surface area contributed by atoms with E-state index in [1.807, 2.05) is 25.2 Å². The molecule has 1 heterocycles. The Bertz CT molecular complexity index is 851. The van der Waals surface area contributed by atoms with E-state index in [9.17, 15) is 0 Å². The first-order valence-electron chi connectivity index (χ1n) is 6.54. The highest BCUT2D eigenvalue weighted by Crippen LogP contribution is 2.25. The minimum atomic E-state index is 0.641. The maximum absolute atomic E-state index is 8.97. The van der Waals surface area contributed by atoms with Gasteiger partial charge in [-0.25, -0.2) is 4.98 Å². The van der Waals surface area contributed by atoms with Gasteiger partial charge in [0.15, 0.2) is 0 Å². The van der Waals surface area contributed by atoms with Crippen LogP contribution in [0.5, 0.6) is 0 Å². The van der Waals surface area contributed by atoms with Gasteiger partial charge >= 0.3 is 0 Å². The number of hydrogen-bond acceptors (Lipinski definition) is 2. The van der Waals surface area contributed by atoms with Crippen LogP contribution < -0.4 is 0 Å². The Labute approximate surface area is 118 Å². The fourth-order valence-electron chi connectivity index (χ4n) is 2.41. The molecule has 0 N–H and O–H groups in total. The molecule has 0 unspecified atom stereocenters. The second-order valence-electron chi connectivity index (χ2n) is 5.11. The molecule has 0 atom stereocenters. The van der Waals surface area contributed by atoms with E-state index in [0.29, 0.717) is 5.56 Å². The van der Waals surface area contributed by atoms with Crippen LogP contribution in [0.25, 0.3) is 22.4 Å². The Kier molecular flexibility index (Phi) is 2.80. The van der Waals surface area contributed by atoms with Gasteiger partial charge in [0, 0.05) is 12.6 Å². The molecule has 0 amide bonds. The minimum Gasteiger partial charge on any atom is -0.327 e. The average molecular weight is 261 g/mol. The maximum atomic E-state index is 8.97. The SMILES string of the molecule is Cc1ccc(-c2nc3cc(C#N)ccc3n2C)cc1C. The van der Waals surface area contributed by atoms with Gasteiger partial charge in [0.2, 0.25) is 0 Å². The molecule has 0 bridgehead atoms. The molecule has 1 aromatic heterocycles. The Balaban J connectivity index is 2.23. The molecular weight excluding hydrogens is 246 g/mol. The number of imidazole rings is 1. The predicted octanol–water partition coefficient (Wildman–Crippen LogP) is 3.73. The largest absolute Gasteiger partial charge is 0.327 e. The molecule has 0 aliphatic rings. The van der Waals surface area contributed by atoms with E-state index < -0.39 is 0 Å². The molecule has 98 valence electrons. The van der Waals surface area contributed by atoms with Crippen molar-refractivity contribution >= 4 is 11.0 Å². The molecule has 0 aliphatic carbocycles. The van der Waals surface area contributed by atoms with Crippen LogP contribution in [0.3, 0.4) is 0 Å². The van der Waals surface area contributed by atoms with E-state index >= 15 is 0 Å². The lowest BCUT2D eigenvalue weighted by Crippen LogP contribution is -1.93. The highest BCUT2D eigenvalue weighted by atomic mass is 15.1. The highest BCUT2D eigenvalue weighted by molar-refractivity contribution is 5.82. The van der Waals surface area contributed by atoms with Gasteiger partial charge in [0.05, 0.1) is 22.7 Å². The normalized spacial score (nSPS) is 10.7.